The fraction of sp³-hybridized carbons (Fsp3) is 0.0270. The molecule has 2 heterocycles. The Balaban J connectivity index is 1.33. The highest BCUT2D eigenvalue weighted by Gasteiger charge is 2.50. The topological polar surface area (TPSA) is 25.2 Å². The van der Waals surface area contributed by atoms with Gasteiger partial charge in [0.15, 0.2) is 5.58 Å². The van der Waals surface area contributed by atoms with Gasteiger partial charge in [-0.2, -0.15) is 0 Å². The normalized spacial score (nSPS) is 14.1. The van der Waals surface area contributed by atoms with Gasteiger partial charge < -0.3 is 9.73 Å². The quantitative estimate of drug-likeness (QED) is 0.241. The van der Waals surface area contributed by atoms with Gasteiger partial charge in [-0.05, 0) is 58.1 Å². The first-order chi connectivity index (χ1) is 19.8. The first-order valence-corrected chi connectivity index (χ1v) is 14.4. The molecule has 0 bridgehead atoms. The van der Waals surface area contributed by atoms with E-state index in [1.165, 1.54) is 43.2 Å². The highest BCUT2D eigenvalue weighted by Crippen LogP contribution is 2.63. The lowest BCUT2D eigenvalue weighted by molar-refractivity contribution is 0.670. The third-order valence-corrected chi connectivity index (χ3v) is 9.70. The Morgan fingerprint density at radius 3 is 1.93 bits per heavy atom. The van der Waals surface area contributed by atoms with Crippen molar-refractivity contribution in [3.8, 4) is 11.1 Å². The molecule has 1 aliphatic heterocycles. The molecule has 0 saturated carbocycles. The zero-order chi connectivity index (χ0) is 26.3. The molecule has 2 nitrogen and oxygen atoms in total. The zero-order valence-electron chi connectivity index (χ0n) is 21.5. The van der Waals surface area contributed by atoms with Gasteiger partial charge in [0.2, 0.25) is 0 Å². The lowest BCUT2D eigenvalue weighted by Gasteiger charge is -2.39. The van der Waals surface area contributed by atoms with Crippen molar-refractivity contribution in [2.75, 3.05) is 5.32 Å². The molecule has 2 aliphatic rings. The molecule has 1 aliphatic carbocycles. The van der Waals surface area contributed by atoms with E-state index in [0.29, 0.717) is 0 Å². The molecule has 7 aromatic rings. The van der Waals surface area contributed by atoms with E-state index in [2.05, 4.69) is 127 Å². The van der Waals surface area contributed by atoms with Gasteiger partial charge in [0, 0.05) is 31.8 Å². The molecule has 1 spiro atoms. The van der Waals surface area contributed by atoms with Crippen molar-refractivity contribution in [3.63, 3.8) is 0 Å². The van der Waals surface area contributed by atoms with E-state index in [9.17, 15) is 0 Å². The lowest BCUT2D eigenvalue weighted by Crippen LogP contribution is -2.31. The molecule has 0 saturated heterocycles. The summed E-state index contributed by atoms with van der Waals surface area (Å²) in [5.74, 6) is 0. The number of hydrogen-bond acceptors (Lipinski definition) is 3. The predicted molar refractivity (Wildman–Crippen MR) is 165 cm³/mol. The molecule has 6 aromatic carbocycles. The predicted octanol–water partition coefficient (Wildman–Crippen LogP) is 10.2. The highest BCUT2D eigenvalue weighted by atomic mass is 32.2. The first-order valence-electron chi connectivity index (χ1n) is 13.6. The van der Waals surface area contributed by atoms with Gasteiger partial charge in [-0.1, -0.05) is 115 Å². The highest BCUT2D eigenvalue weighted by molar-refractivity contribution is 7.99. The maximum absolute atomic E-state index is 6.38. The van der Waals surface area contributed by atoms with Crippen LogP contribution in [0.25, 0.3) is 33.1 Å². The monoisotopic (exact) mass is 529 g/mol. The van der Waals surface area contributed by atoms with Gasteiger partial charge in [-0.15, -0.1) is 0 Å². The SMILES string of the molecule is c1ccc2c(c1)Sc1ccccc1C21c2ccccc2-c2c(Nc3cccc4c3oc3ccccc34)cccc21. The number of benzene rings is 6. The van der Waals surface area contributed by atoms with E-state index in [-0.39, 0.29) is 5.41 Å². The molecule has 40 heavy (non-hydrogen) atoms. The van der Waals surface area contributed by atoms with Crippen LogP contribution in [0.1, 0.15) is 22.3 Å². The van der Waals surface area contributed by atoms with Crippen molar-refractivity contribution in [2.45, 2.75) is 15.2 Å². The van der Waals surface area contributed by atoms with Gasteiger partial charge in [-0.25, -0.2) is 0 Å². The molecule has 3 heteroatoms. The van der Waals surface area contributed by atoms with Crippen molar-refractivity contribution in [2.24, 2.45) is 0 Å². The van der Waals surface area contributed by atoms with Gasteiger partial charge in [0.05, 0.1) is 11.1 Å². The average Bonchev–Trinajstić information content (AvgIpc) is 3.53. The summed E-state index contributed by atoms with van der Waals surface area (Å²) in [7, 11) is 0. The smallest absolute Gasteiger partial charge is 0.158 e. The molecular formula is C37H23NOS. The summed E-state index contributed by atoms with van der Waals surface area (Å²) in [6.07, 6.45) is 0. The fourth-order valence-electron chi connectivity index (χ4n) is 7.00. The van der Waals surface area contributed by atoms with Crippen molar-refractivity contribution in [1.82, 2.24) is 0 Å². The standard InChI is InChI=1S/C37H23NOS/c1-3-14-26-25(12-1)35-29(37(26)27-15-4-7-21-33(27)40-34-22-8-5-16-28(34)37)17-10-18-30(35)38-31-19-9-13-24-23-11-2-6-20-32(23)39-36(24)31/h1-22,38H. The largest absolute Gasteiger partial charge is 0.454 e. The third kappa shape index (κ3) is 2.80. The van der Waals surface area contributed by atoms with E-state index in [1.807, 2.05) is 23.9 Å². The Morgan fingerprint density at radius 1 is 0.500 bits per heavy atom. The molecule has 0 amide bonds. The minimum absolute atomic E-state index is 0.382. The first kappa shape index (κ1) is 22.1. The number of para-hydroxylation sites is 2. The summed E-state index contributed by atoms with van der Waals surface area (Å²) in [4.78, 5) is 2.63. The third-order valence-electron chi connectivity index (χ3n) is 8.54. The molecule has 0 unspecified atom stereocenters. The molecular weight excluding hydrogens is 506 g/mol. The Morgan fingerprint density at radius 2 is 1.10 bits per heavy atom. The van der Waals surface area contributed by atoms with Gasteiger partial charge >= 0.3 is 0 Å². The lowest BCUT2D eigenvalue weighted by atomic mass is 9.67. The Hall–Kier alpha value is -4.73. The molecule has 1 aromatic heterocycles. The van der Waals surface area contributed by atoms with Gasteiger partial charge in [0.25, 0.3) is 0 Å². The van der Waals surface area contributed by atoms with Crippen LogP contribution in [-0.4, -0.2) is 0 Å². The van der Waals surface area contributed by atoms with Crippen molar-refractivity contribution in [1.29, 1.82) is 0 Å². The molecule has 9 rings (SSSR count). The average molecular weight is 530 g/mol. The fourth-order valence-corrected chi connectivity index (χ4v) is 8.19. The van der Waals surface area contributed by atoms with E-state index < -0.39 is 0 Å². The maximum atomic E-state index is 6.38. The maximum Gasteiger partial charge on any atom is 0.158 e. The molecule has 1 N–H and O–H groups in total. The van der Waals surface area contributed by atoms with Crippen LogP contribution in [0.2, 0.25) is 0 Å². The number of furan rings is 1. The number of rotatable bonds is 2. The van der Waals surface area contributed by atoms with Crippen LogP contribution in [-0.2, 0) is 5.41 Å². The summed E-state index contributed by atoms with van der Waals surface area (Å²) in [6.45, 7) is 0. The Kier molecular flexibility index (Phi) is 4.50. The number of hydrogen-bond donors (Lipinski definition) is 1. The Labute approximate surface area is 236 Å². The van der Waals surface area contributed by atoms with Crippen LogP contribution in [0, 0.1) is 0 Å². The minimum atomic E-state index is -0.382. The van der Waals surface area contributed by atoms with Crippen LogP contribution in [0.15, 0.2) is 148 Å². The summed E-state index contributed by atoms with van der Waals surface area (Å²) < 4.78 is 6.38. The number of anilines is 2. The second kappa shape index (κ2) is 8.14. The second-order valence-corrected chi connectivity index (χ2v) is 11.6. The molecule has 0 fully saturated rings. The molecule has 0 radical (unpaired) electrons. The number of nitrogens with one attached hydrogen (secondary N) is 1. The summed E-state index contributed by atoms with van der Waals surface area (Å²) in [5, 5.41) is 6.08. The van der Waals surface area contributed by atoms with Crippen molar-refractivity contribution >= 4 is 45.1 Å². The zero-order valence-corrected chi connectivity index (χ0v) is 22.3. The van der Waals surface area contributed by atoms with Crippen LogP contribution < -0.4 is 5.32 Å². The van der Waals surface area contributed by atoms with Gasteiger partial charge in [-0.3, -0.25) is 0 Å². The van der Waals surface area contributed by atoms with Crippen molar-refractivity contribution < 1.29 is 4.42 Å². The number of fused-ring (bicyclic) bond motifs is 12. The van der Waals surface area contributed by atoms with E-state index >= 15 is 0 Å². The summed E-state index contributed by atoms with van der Waals surface area (Å²) in [6, 6.07) is 48.1. The Bertz CT molecular complexity index is 2090. The summed E-state index contributed by atoms with van der Waals surface area (Å²) >= 11 is 1.87. The van der Waals surface area contributed by atoms with E-state index in [4.69, 9.17) is 4.42 Å². The van der Waals surface area contributed by atoms with Crippen LogP contribution >= 0.6 is 11.8 Å². The molecule has 0 atom stereocenters. The minimum Gasteiger partial charge on any atom is -0.454 e. The van der Waals surface area contributed by atoms with Crippen molar-refractivity contribution in [3.05, 3.63) is 156 Å². The van der Waals surface area contributed by atoms with E-state index in [0.717, 1.165) is 33.3 Å². The van der Waals surface area contributed by atoms with Crippen LogP contribution in [0.5, 0.6) is 0 Å². The summed E-state index contributed by atoms with van der Waals surface area (Å²) in [5.41, 5.74) is 11.3. The van der Waals surface area contributed by atoms with Crippen LogP contribution in [0.4, 0.5) is 11.4 Å². The second-order valence-electron chi connectivity index (χ2n) is 10.5. The van der Waals surface area contributed by atoms with Crippen LogP contribution in [0.3, 0.4) is 0 Å². The van der Waals surface area contributed by atoms with Gasteiger partial charge in [0.1, 0.15) is 5.58 Å². The van der Waals surface area contributed by atoms with E-state index in [1.54, 1.807) is 0 Å². The molecule has 188 valence electrons.